The molecule has 0 spiro atoms. The van der Waals surface area contributed by atoms with Gasteiger partial charge in [-0.3, -0.25) is 19.7 Å². The lowest BCUT2D eigenvalue weighted by Crippen LogP contribution is -2.38. The molecule has 1 aromatic carbocycles. The third-order valence-electron chi connectivity index (χ3n) is 3.45. The summed E-state index contributed by atoms with van der Waals surface area (Å²) in [4.78, 5) is 35.6. The monoisotopic (exact) mass is 336 g/mol. The number of nitro benzene ring substituents is 1. The number of rotatable bonds is 6. The molecule has 0 aliphatic rings. The number of aliphatic carboxylic acids is 1. The van der Waals surface area contributed by atoms with Gasteiger partial charge in [-0.05, 0) is 17.4 Å². The third-order valence-corrected chi connectivity index (χ3v) is 3.45. The van der Waals surface area contributed by atoms with Crippen molar-refractivity contribution in [3.05, 3.63) is 39.4 Å². The van der Waals surface area contributed by atoms with Crippen molar-refractivity contribution in [1.29, 1.82) is 0 Å². The van der Waals surface area contributed by atoms with Gasteiger partial charge in [-0.15, -0.1) is 0 Å². The molecule has 0 bridgehead atoms. The SMILES string of the molecule is CC(C)CN(CC(=O)O)C(=O)c1ccc(C(C)(C)C)c([N+](=O)[O-])c1. The van der Waals surface area contributed by atoms with Crippen LogP contribution in [0.25, 0.3) is 0 Å². The van der Waals surface area contributed by atoms with E-state index in [-0.39, 0.29) is 23.7 Å². The van der Waals surface area contributed by atoms with Crippen molar-refractivity contribution in [3.8, 4) is 0 Å². The van der Waals surface area contributed by atoms with Crippen molar-refractivity contribution in [2.24, 2.45) is 5.92 Å². The van der Waals surface area contributed by atoms with Crippen LogP contribution in [0.1, 0.15) is 50.5 Å². The number of carbonyl (C=O) groups is 2. The number of nitrogens with zero attached hydrogens (tertiary/aromatic N) is 2. The Morgan fingerprint density at radius 1 is 1.29 bits per heavy atom. The van der Waals surface area contributed by atoms with Crippen molar-refractivity contribution >= 4 is 17.6 Å². The molecule has 0 saturated heterocycles. The smallest absolute Gasteiger partial charge is 0.323 e. The molecular weight excluding hydrogens is 312 g/mol. The topological polar surface area (TPSA) is 101 Å². The fraction of sp³-hybridized carbons (Fsp3) is 0.529. The number of carboxylic acids is 1. The standard InChI is InChI=1S/C17H24N2O5/c1-11(2)9-18(10-15(20)21)16(22)12-6-7-13(17(3,4)5)14(8-12)19(23)24/h6-8,11H,9-10H2,1-5H3,(H,20,21). The highest BCUT2D eigenvalue weighted by molar-refractivity contribution is 5.96. The van der Waals surface area contributed by atoms with E-state index in [1.165, 1.54) is 17.0 Å². The highest BCUT2D eigenvalue weighted by Gasteiger charge is 2.27. The van der Waals surface area contributed by atoms with Gasteiger partial charge in [0.1, 0.15) is 6.54 Å². The summed E-state index contributed by atoms with van der Waals surface area (Å²) in [6.07, 6.45) is 0. The average Bonchev–Trinajstić information content (AvgIpc) is 2.43. The average molecular weight is 336 g/mol. The van der Waals surface area contributed by atoms with E-state index >= 15 is 0 Å². The highest BCUT2D eigenvalue weighted by atomic mass is 16.6. The maximum absolute atomic E-state index is 12.6. The molecule has 0 heterocycles. The molecular formula is C17H24N2O5. The lowest BCUT2D eigenvalue weighted by molar-refractivity contribution is -0.386. The second-order valence-corrected chi connectivity index (χ2v) is 7.21. The molecule has 132 valence electrons. The predicted molar refractivity (Wildman–Crippen MR) is 90.2 cm³/mol. The van der Waals surface area contributed by atoms with Crippen LogP contribution in [-0.4, -0.2) is 39.9 Å². The van der Waals surface area contributed by atoms with Gasteiger partial charge in [-0.25, -0.2) is 0 Å². The highest BCUT2D eigenvalue weighted by Crippen LogP contribution is 2.32. The van der Waals surface area contributed by atoms with Gasteiger partial charge in [0.15, 0.2) is 0 Å². The molecule has 7 heteroatoms. The first-order valence-electron chi connectivity index (χ1n) is 7.73. The fourth-order valence-corrected chi connectivity index (χ4v) is 2.46. The van der Waals surface area contributed by atoms with E-state index in [1.54, 1.807) is 6.07 Å². The molecule has 0 unspecified atom stereocenters. The summed E-state index contributed by atoms with van der Waals surface area (Å²) < 4.78 is 0. The van der Waals surface area contributed by atoms with E-state index in [2.05, 4.69) is 0 Å². The van der Waals surface area contributed by atoms with Crippen molar-refractivity contribution < 1.29 is 19.6 Å². The fourth-order valence-electron chi connectivity index (χ4n) is 2.46. The molecule has 0 atom stereocenters. The van der Waals surface area contributed by atoms with Gasteiger partial charge in [-0.2, -0.15) is 0 Å². The van der Waals surface area contributed by atoms with Crippen LogP contribution >= 0.6 is 0 Å². The van der Waals surface area contributed by atoms with Crippen molar-refractivity contribution in [1.82, 2.24) is 4.90 Å². The van der Waals surface area contributed by atoms with Crippen molar-refractivity contribution in [3.63, 3.8) is 0 Å². The second kappa shape index (κ2) is 7.42. The van der Waals surface area contributed by atoms with Gasteiger partial charge >= 0.3 is 5.97 Å². The van der Waals surface area contributed by atoms with Crippen LogP contribution in [0, 0.1) is 16.0 Å². The molecule has 1 amide bonds. The first-order chi connectivity index (χ1) is 10.9. The van der Waals surface area contributed by atoms with E-state index in [0.717, 1.165) is 0 Å². The zero-order chi connectivity index (χ0) is 18.7. The van der Waals surface area contributed by atoms with E-state index in [1.807, 2.05) is 34.6 Å². The Balaban J connectivity index is 3.28. The summed E-state index contributed by atoms with van der Waals surface area (Å²) in [5.41, 5.74) is 0.0744. The first kappa shape index (κ1) is 19.6. The Labute approximate surface area is 141 Å². The Hall–Kier alpha value is -2.44. The minimum absolute atomic E-state index is 0.0807. The van der Waals surface area contributed by atoms with Crippen LogP contribution in [0.15, 0.2) is 18.2 Å². The lowest BCUT2D eigenvalue weighted by atomic mass is 9.85. The molecule has 0 aliphatic heterocycles. The van der Waals surface area contributed by atoms with Crippen LogP contribution in [0.3, 0.4) is 0 Å². The summed E-state index contributed by atoms with van der Waals surface area (Å²) in [7, 11) is 0. The van der Waals surface area contributed by atoms with E-state index in [9.17, 15) is 19.7 Å². The molecule has 24 heavy (non-hydrogen) atoms. The number of carboxylic acid groups (broad SMARTS) is 1. The molecule has 1 aromatic rings. The first-order valence-corrected chi connectivity index (χ1v) is 7.73. The maximum Gasteiger partial charge on any atom is 0.323 e. The largest absolute Gasteiger partial charge is 0.480 e. The Morgan fingerprint density at radius 3 is 2.29 bits per heavy atom. The van der Waals surface area contributed by atoms with Gasteiger partial charge < -0.3 is 10.0 Å². The van der Waals surface area contributed by atoms with Crippen LogP contribution < -0.4 is 0 Å². The molecule has 1 rings (SSSR count). The van der Waals surface area contributed by atoms with E-state index in [4.69, 9.17) is 5.11 Å². The van der Waals surface area contributed by atoms with Crippen LogP contribution in [0.5, 0.6) is 0 Å². The van der Waals surface area contributed by atoms with Gasteiger partial charge in [0, 0.05) is 23.7 Å². The van der Waals surface area contributed by atoms with Gasteiger partial charge in [0.25, 0.3) is 11.6 Å². The molecule has 0 saturated carbocycles. The number of amides is 1. The number of carbonyl (C=O) groups excluding carboxylic acids is 1. The van der Waals surface area contributed by atoms with Gasteiger partial charge in [0.05, 0.1) is 4.92 Å². The summed E-state index contributed by atoms with van der Waals surface area (Å²) in [6, 6.07) is 4.32. The van der Waals surface area contributed by atoms with Crippen LogP contribution in [0.2, 0.25) is 0 Å². The Morgan fingerprint density at radius 2 is 1.88 bits per heavy atom. The quantitative estimate of drug-likeness (QED) is 0.635. The van der Waals surface area contributed by atoms with Crippen LogP contribution in [-0.2, 0) is 10.2 Å². The maximum atomic E-state index is 12.6. The summed E-state index contributed by atoms with van der Waals surface area (Å²) >= 11 is 0. The lowest BCUT2D eigenvalue weighted by Gasteiger charge is -2.24. The van der Waals surface area contributed by atoms with E-state index in [0.29, 0.717) is 5.56 Å². The van der Waals surface area contributed by atoms with Crippen molar-refractivity contribution in [2.75, 3.05) is 13.1 Å². The molecule has 0 aromatic heterocycles. The number of benzene rings is 1. The van der Waals surface area contributed by atoms with Crippen molar-refractivity contribution in [2.45, 2.75) is 40.0 Å². The molecule has 7 nitrogen and oxygen atoms in total. The second-order valence-electron chi connectivity index (χ2n) is 7.21. The predicted octanol–water partition coefficient (Wildman–Crippen LogP) is 3.08. The number of hydrogen-bond acceptors (Lipinski definition) is 4. The minimum atomic E-state index is -1.12. The van der Waals surface area contributed by atoms with Gasteiger partial charge in [0.2, 0.25) is 0 Å². The van der Waals surface area contributed by atoms with E-state index < -0.39 is 28.8 Å². The van der Waals surface area contributed by atoms with Gasteiger partial charge in [-0.1, -0.05) is 40.7 Å². The summed E-state index contributed by atoms with van der Waals surface area (Å²) in [5, 5.41) is 20.3. The summed E-state index contributed by atoms with van der Waals surface area (Å²) in [6.45, 7) is 9.12. The van der Waals surface area contributed by atoms with Crippen LogP contribution in [0.4, 0.5) is 5.69 Å². The normalized spacial score (nSPS) is 11.4. The zero-order valence-corrected chi connectivity index (χ0v) is 14.7. The molecule has 0 radical (unpaired) electrons. The third kappa shape index (κ3) is 5.04. The summed E-state index contributed by atoms with van der Waals surface area (Å²) in [5.74, 6) is -1.56. The Kier molecular flexibility index (Phi) is 6.06. The molecule has 1 N–H and O–H groups in total. The zero-order valence-electron chi connectivity index (χ0n) is 14.7. The minimum Gasteiger partial charge on any atom is -0.480 e. The molecule has 0 fully saturated rings. The Bertz CT molecular complexity index is 647. The molecule has 0 aliphatic carbocycles. The number of hydrogen-bond donors (Lipinski definition) is 1. The number of nitro groups is 1.